The van der Waals surface area contributed by atoms with Crippen LogP contribution >= 0.6 is 11.8 Å². The van der Waals surface area contributed by atoms with Gasteiger partial charge in [-0.3, -0.25) is 9.59 Å². The Bertz CT molecular complexity index is 681. The van der Waals surface area contributed by atoms with Crippen molar-refractivity contribution in [2.75, 3.05) is 26.0 Å². The van der Waals surface area contributed by atoms with Crippen LogP contribution in [0.5, 0.6) is 0 Å². The summed E-state index contributed by atoms with van der Waals surface area (Å²) in [6.45, 7) is 1.10. The van der Waals surface area contributed by atoms with Crippen molar-refractivity contribution >= 4 is 23.6 Å². The Morgan fingerprint density at radius 3 is 2.79 bits per heavy atom. The maximum Gasteiger partial charge on any atom is 0.255 e. The molecule has 2 atom stereocenters. The summed E-state index contributed by atoms with van der Waals surface area (Å²) < 4.78 is 18.7. The molecular formula is C21H29FN2O3S. The first-order valence-corrected chi connectivity index (χ1v) is 11.1. The fourth-order valence-corrected chi connectivity index (χ4v) is 5.72. The molecule has 1 N–H and O–H groups in total. The Labute approximate surface area is 170 Å². The minimum absolute atomic E-state index is 0.0224. The first-order valence-electron chi connectivity index (χ1n) is 10.1. The molecule has 2 unspecified atom stereocenters. The Kier molecular flexibility index (Phi) is 7.73. The number of thioether (sulfide) groups is 1. The smallest absolute Gasteiger partial charge is 0.255 e. The van der Waals surface area contributed by atoms with E-state index >= 15 is 0 Å². The standard InChI is InChI=1S/C21H29FN2O3S/c1-27-12-6-11-23-19(25)18-14-28-21(15-7-3-2-4-8-15)24(18)20(26)16-9-5-10-17(22)13-16/h5,9-10,13,15,18,21H,2-4,6-8,11-12,14H2,1H3,(H,23,25). The zero-order valence-corrected chi connectivity index (χ0v) is 17.2. The summed E-state index contributed by atoms with van der Waals surface area (Å²) in [7, 11) is 1.63. The summed E-state index contributed by atoms with van der Waals surface area (Å²) in [5, 5.41) is 2.91. The molecule has 5 nitrogen and oxygen atoms in total. The van der Waals surface area contributed by atoms with Crippen LogP contribution < -0.4 is 5.32 Å². The van der Waals surface area contributed by atoms with Gasteiger partial charge in [0.2, 0.25) is 5.91 Å². The number of halogens is 1. The lowest BCUT2D eigenvalue weighted by Gasteiger charge is -2.35. The van der Waals surface area contributed by atoms with Gasteiger partial charge in [-0.05, 0) is 43.4 Å². The van der Waals surface area contributed by atoms with Crippen LogP contribution in [0.25, 0.3) is 0 Å². The number of ether oxygens (including phenoxy) is 1. The van der Waals surface area contributed by atoms with Gasteiger partial charge in [0.05, 0.1) is 5.37 Å². The van der Waals surface area contributed by atoms with Crippen LogP contribution in [-0.2, 0) is 9.53 Å². The van der Waals surface area contributed by atoms with Crippen LogP contribution in [0.3, 0.4) is 0 Å². The van der Waals surface area contributed by atoms with Crippen molar-refractivity contribution in [3.63, 3.8) is 0 Å². The molecule has 7 heteroatoms. The van der Waals surface area contributed by atoms with Crippen LogP contribution in [0.1, 0.15) is 48.9 Å². The van der Waals surface area contributed by atoms with E-state index in [1.165, 1.54) is 18.6 Å². The third kappa shape index (κ3) is 5.06. The second-order valence-electron chi connectivity index (χ2n) is 7.50. The van der Waals surface area contributed by atoms with Gasteiger partial charge in [0, 0.05) is 31.6 Å². The Balaban J connectivity index is 1.78. The molecule has 28 heavy (non-hydrogen) atoms. The lowest BCUT2D eigenvalue weighted by atomic mass is 9.88. The highest BCUT2D eigenvalue weighted by atomic mass is 32.2. The quantitative estimate of drug-likeness (QED) is 0.702. The van der Waals surface area contributed by atoms with Gasteiger partial charge >= 0.3 is 0 Å². The van der Waals surface area contributed by atoms with Crippen LogP contribution in [0.15, 0.2) is 24.3 Å². The third-order valence-corrected chi connectivity index (χ3v) is 6.98. The average Bonchev–Trinajstić information content (AvgIpc) is 3.16. The van der Waals surface area contributed by atoms with Crippen molar-refractivity contribution in [1.82, 2.24) is 10.2 Å². The van der Waals surface area contributed by atoms with Gasteiger partial charge in [-0.15, -0.1) is 11.8 Å². The van der Waals surface area contributed by atoms with Gasteiger partial charge in [0.15, 0.2) is 0 Å². The van der Waals surface area contributed by atoms with E-state index in [4.69, 9.17) is 4.74 Å². The molecule has 2 aliphatic rings. The molecule has 1 aromatic carbocycles. The zero-order chi connectivity index (χ0) is 19.9. The summed E-state index contributed by atoms with van der Waals surface area (Å²) in [6.07, 6.45) is 6.44. The minimum Gasteiger partial charge on any atom is -0.385 e. The van der Waals surface area contributed by atoms with E-state index in [1.807, 2.05) is 0 Å². The van der Waals surface area contributed by atoms with Gasteiger partial charge in [-0.2, -0.15) is 0 Å². The predicted octanol–water partition coefficient (Wildman–Crippen LogP) is 3.44. The van der Waals surface area contributed by atoms with Crippen molar-refractivity contribution in [1.29, 1.82) is 0 Å². The van der Waals surface area contributed by atoms with E-state index in [1.54, 1.807) is 35.9 Å². The van der Waals surface area contributed by atoms with Crippen LogP contribution in [0.4, 0.5) is 4.39 Å². The summed E-state index contributed by atoms with van der Waals surface area (Å²) in [5.74, 6) is 0.150. The van der Waals surface area contributed by atoms with E-state index < -0.39 is 11.9 Å². The number of hydrogen-bond acceptors (Lipinski definition) is 4. The fraction of sp³-hybridized carbons (Fsp3) is 0.619. The van der Waals surface area contributed by atoms with Gasteiger partial charge in [-0.1, -0.05) is 25.3 Å². The molecule has 0 spiro atoms. The third-order valence-electron chi connectivity index (χ3n) is 5.52. The van der Waals surface area contributed by atoms with E-state index in [-0.39, 0.29) is 17.2 Å². The van der Waals surface area contributed by atoms with Crippen LogP contribution in [0, 0.1) is 11.7 Å². The number of nitrogens with zero attached hydrogens (tertiary/aromatic N) is 1. The van der Waals surface area contributed by atoms with Crippen molar-refractivity contribution in [3.8, 4) is 0 Å². The summed E-state index contributed by atoms with van der Waals surface area (Å²) in [4.78, 5) is 27.8. The number of carbonyl (C=O) groups excluding carboxylic acids is 2. The number of rotatable bonds is 7. The van der Waals surface area contributed by atoms with Crippen LogP contribution in [-0.4, -0.2) is 54.1 Å². The van der Waals surface area contributed by atoms with Crippen molar-refractivity contribution in [2.24, 2.45) is 5.92 Å². The fourth-order valence-electron chi connectivity index (χ4n) is 4.09. The molecule has 154 valence electrons. The maximum absolute atomic E-state index is 13.7. The lowest BCUT2D eigenvalue weighted by molar-refractivity contribution is -0.125. The normalized spacial score (nSPS) is 23.0. The molecule has 2 amide bonds. The topological polar surface area (TPSA) is 58.6 Å². The van der Waals surface area contributed by atoms with Gasteiger partial charge in [0.1, 0.15) is 11.9 Å². The van der Waals surface area contributed by atoms with E-state index in [9.17, 15) is 14.0 Å². The molecule has 0 aromatic heterocycles. The Hall–Kier alpha value is -1.60. The van der Waals surface area contributed by atoms with Gasteiger partial charge in [-0.25, -0.2) is 4.39 Å². The SMILES string of the molecule is COCCCNC(=O)C1CSC(C2CCCCC2)N1C(=O)c1cccc(F)c1. The van der Waals surface area contributed by atoms with Gasteiger partial charge in [0.25, 0.3) is 5.91 Å². The first-order chi connectivity index (χ1) is 13.6. The monoisotopic (exact) mass is 408 g/mol. The highest BCUT2D eigenvalue weighted by Crippen LogP contribution is 2.41. The molecule has 1 saturated heterocycles. The van der Waals surface area contributed by atoms with E-state index in [0.717, 1.165) is 32.1 Å². The lowest BCUT2D eigenvalue weighted by Crippen LogP contribution is -2.51. The largest absolute Gasteiger partial charge is 0.385 e. The zero-order valence-electron chi connectivity index (χ0n) is 16.4. The molecule has 3 rings (SSSR count). The highest BCUT2D eigenvalue weighted by Gasteiger charge is 2.45. The molecule has 0 radical (unpaired) electrons. The number of methoxy groups -OCH3 is 1. The summed E-state index contributed by atoms with van der Waals surface area (Å²) >= 11 is 1.69. The second kappa shape index (κ2) is 10.3. The maximum atomic E-state index is 13.7. The molecule has 1 saturated carbocycles. The second-order valence-corrected chi connectivity index (χ2v) is 8.65. The van der Waals surface area contributed by atoms with Crippen molar-refractivity contribution < 1.29 is 18.7 Å². The van der Waals surface area contributed by atoms with E-state index in [0.29, 0.717) is 30.4 Å². The van der Waals surface area contributed by atoms with Crippen molar-refractivity contribution in [2.45, 2.75) is 49.9 Å². The number of carbonyl (C=O) groups is 2. The Morgan fingerprint density at radius 1 is 1.29 bits per heavy atom. The first kappa shape index (κ1) is 21.1. The van der Waals surface area contributed by atoms with Gasteiger partial charge < -0.3 is 15.0 Å². The van der Waals surface area contributed by atoms with Crippen LogP contribution in [0.2, 0.25) is 0 Å². The molecule has 1 heterocycles. The minimum atomic E-state index is -0.518. The summed E-state index contributed by atoms with van der Waals surface area (Å²) in [5.41, 5.74) is 0.306. The van der Waals surface area contributed by atoms with E-state index in [2.05, 4.69) is 5.32 Å². The molecule has 1 aliphatic heterocycles. The number of amides is 2. The summed E-state index contributed by atoms with van der Waals surface area (Å²) in [6, 6.07) is 5.24. The van der Waals surface area contributed by atoms with Crippen molar-refractivity contribution in [3.05, 3.63) is 35.6 Å². The molecule has 1 aliphatic carbocycles. The Morgan fingerprint density at radius 2 is 2.07 bits per heavy atom. The number of hydrogen-bond donors (Lipinski definition) is 1. The predicted molar refractivity (Wildman–Crippen MR) is 109 cm³/mol. The molecular weight excluding hydrogens is 379 g/mol. The average molecular weight is 409 g/mol. The number of benzene rings is 1. The molecule has 0 bridgehead atoms. The number of nitrogens with one attached hydrogen (secondary N) is 1. The highest BCUT2D eigenvalue weighted by molar-refractivity contribution is 8.00. The molecule has 1 aromatic rings. The molecule has 2 fully saturated rings.